The molecule has 0 aliphatic carbocycles. The van der Waals surface area contributed by atoms with Gasteiger partial charge >= 0.3 is 0 Å². The Labute approximate surface area is 113 Å². The Morgan fingerprint density at radius 3 is 2.63 bits per heavy atom. The van der Waals surface area contributed by atoms with Gasteiger partial charge in [-0.05, 0) is 31.7 Å². The van der Waals surface area contributed by atoms with Crippen molar-refractivity contribution in [1.82, 2.24) is 20.5 Å². The van der Waals surface area contributed by atoms with Gasteiger partial charge in [-0.3, -0.25) is 10.1 Å². The molecule has 0 aromatic carbocycles. The van der Waals surface area contributed by atoms with E-state index in [2.05, 4.69) is 32.7 Å². The Bertz CT molecular complexity index is 462. The Hall–Kier alpha value is -1.56. The van der Waals surface area contributed by atoms with E-state index in [4.69, 9.17) is 0 Å². The van der Waals surface area contributed by atoms with Gasteiger partial charge in [0.2, 0.25) is 11.9 Å². The fourth-order valence-electron chi connectivity index (χ4n) is 2.36. The maximum absolute atomic E-state index is 12.1. The molecule has 104 valence electrons. The monoisotopic (exact) mass is 263 g/mol. The van der Waals surface area contributed by atoms with E-state index >= 15 is 0 Å². The third kappa shape index (κ3) is 3.07. The standard InChI is InChI=1S/C13H21N5O/c1-4-9-10(5-2)17-18-13(15-9)16-12(19)11-8(3)6-7-14-11/h8,11,14H,4-7H2,1-3H3,(H,15,16,18,19). The molecule has 1 aromatic rings. The van der Waals surface area contributed by atoms with Crippen LogP contribution in [0.3, 0.4) is 0 Å². The predicted molar refractivity (Wildman–Crippen MR) is 72.8 cm³/mol. The molecule has 2 heterocycles. The molecule has 0 saturated carbocycles. The summed E-state index contributed by atoms with van der Waals surface area (Å²) >= 11 is 0. The van der Waals surface area contributed by atoms with Crippen LogP contribution in [0.5, 0.6) is 0 Å². The number of aryl methyl sites for hydroxylation is 2. The average molecular weight is 263 g/mol. The summed E-state index contributed by atoms with van der Waals surface area (Å²) in [5.74, 6) is 0.576. The topological polar surface area (TPSA) is 79.8 Å². The van der Waals surface area contributed by atoms with Crippen LogP contribution in [0.1, 0.15) is 38.6 Å². The van der Waals surface area contributed by atoms with E-state index in [0.29, 0.717) is 11.9 Å². The number of carbonyl (C=O) groups is 1. The third-order valence-electron chi connectivity index (χ3n) is 3.56. The number of hydrogen-bond donors (Lipinski definition) is 2. The Balaban J connectivity index is 2.08. The molecule has 0 radical (unpaired) electrons. The molecule has 2 rings (SSSR count). The lowest BCUT2D eigenvalue weighted by Gasteiger charge is -2.14. The van der Waals surface area contributed by atoms with Crippen LogP contribution in [-0.4, -0.2) is 33.7 Å². The summed E-state index contributed by atoms with van der Waals surface area (Å²) in [7, 11) is 0. The zero-order valence-electron chi connectivity index (χ0n) is 11.7. The van der Waals surface area contributed by atoms with Crippen LogP contribution in [0.15, 0.2) is 0 Å². The Morgan fingerprint density at radius 1 is 1.32 bits per heavy atom. The van der Waals surface area contributed by atoms with Gasteiger partial charge in [0.1, 0.15) is 0 Å². The number of anilines is 1. The molecule has 2 N–H and O–H groups in total. The summed E-state index contributed by atoms with van der Waals surface area (Å²) in [4.78, 5) is 16.5. The molecule has 1 fully saturated rings. The first kappa shape index (κ1) is 13.9. The highest BCUT2D eigenvalue weighted by Crippen LogP contribution is 2.15. The van der Waals surface area contributed by atoms with Crippen molar-refractivity contribution in [3.8, 4) is 0 Å². The second-order valence-corrected chi connectivity index (χ2v) is 4.92. The lowest BCUT2D eigenvalue weighted by molar-refractivity contribution is -0.118. The van der Waals surface area contributed by atoms with Crippen LogP contribution in [0.4, 0.5) is 5.95 Å². The molecule has 2 atom stereocenters. The molecule has 1 aliphatic rings. The van der Waals surface area contributed by atoms with E-state index < -0.39 is 0 Å². The fraction of sp³-hybridized carbons (Fsp3) is 0.692. The third-order valence-corrected chi connectivity index (χ3v) is 3.56. The summed E-state index contributed by atoms with van der Waals surface area (Å²) in [5.41, 5.74) is 1.80. The largest absolute Gasteiger partial charge is 0.306 e. The minimum atomic E-state index is -0.153. The average Bonchev–Trinajstić information content (AvgIpc) is 2.85. The SMILES string of the molecule is CCc1nnc(NC(=O)C2NCCC2C)nc1CC. The summed E-state index contributed by atoms with van der Waals surface area (Å²) in [6, 6.07) is -0.153. The van der Waals surface area contributed by atoms with E-state index in [1.54, 1.807) is 0 Å². The molecule has 1 saturated heterocycles. The molecule has 2 unspecified atom stereocenters. The second-order valence-electron chi connectivity index (χ2n) is 4.92. The van der Waals surface area contributed by atoms with Gasteiger partial charge in [-0.1, -0.05) is 20.8 Å². The van der Waals surface area contributed by atoms with Gasteiger partial charge < -0.3 is 5.32 Å². The lowest BCUT2D eigenvalue weighted by atomic mass is 10.0. The van der Waals surface area contributed by atoms with E-state index in [9.17, 15) is 4.79 Å². The Kier molecular flexibility index (Phi) is 4.42. The summed E-state index contributed by atoms with van der Waals surface area (Å²) in [6.45, 7) is 7.00. The Morgan fingerprint density at radius 2 is 2.05 bits per heavy atom. The van der Waals surface area contributed by atoms with Gasteiger partial charge in [0.15, 0.2) is 0 Å². The maximum Gasteiger partial charge on any atom is 0.249 e. The van der Waals surface area contributed by atoms with Gasteiger partial charge in [0.25, 0.3) is 0 Å². The molecule has 0 spiro atoms. The van der Waals surface area contributed by atoms with Gasteiger partial charge in [0.05, 0.1) is 17.4 Å². The number of aromatic nitrogens is 3. The first-order valence-corrected chi connectivity index (χ1v) is 6.92. The molecule has 0 bridgehead atoms. The highest BCUT2D eigenvalue weighted by molar-refractivity contribution is 5.93. The first-order valence-electron chi connectivity index (χ1n) is 6.92. The van der Waals surface area contributed by atoms with Crippen molar-refractivity contribution in [3.05, 3.63) is 11.4 Å². The fourth-order valence-corrected chi connectivity index (χ4v) is 2.36. The van der Waals surface area contributed by atoms with Crippen molar-refractivity contribution in [1.29, 1.82) is 0 Å². The molecular formula is C13H21N5O. The molecule has 19 heavy (non-hydrogen) atoms. The zero-order chi connectivity index (χ0) is 13.8. The zero-order valence-corrected chi connectivity index (χ0v) is 11.7. The maximum atomic E-state index is 12.1. The van der Waals surface area contributed by atoms with Crippen LogP contribution >= 0.6 is 0 Å². The van der Waals surface area contributed by atoms with E-state index in [0.717, 1.165) is 37.2 Å². The molecule has 1 aromatic heterocycles. The smallest absolute Gasteiger partial charge is 0.249 e. The van der Waals surface area contributed by atoms with Crippen molar-refractivity contribution < 1.29 is 4.79 Å². The van der Waals surface area contributed by atoms with Gasteiger partial charge in [0, 0.05) is 0 Å². The number of hydrogen-bond acceptors (Lipinski definition) is 5. The predicted octanol–water partition coefficient (Wildman–Crippen LogP) is 0.933. The lowest BCUT2D eigenvalue weighted by Crippen LogP contribution is -2.39. The van der Waals surface area contributed by atoms with Crippen molar-refractivity contribution in [2.45, 2.75) is 46.1 Å². The van der Waals surface area contributed by atoms with Crippen LogP contribution in [-0.2, 0) is 17.6 Å². The number of nitrogens with zero attached hydrogens (tertiary/aromatic N) is 3. The first-order chi connectivity index (χ1) is 9.15. The minimum absolute atomic E-state index is 0.0712. The van der Waals surface area contributed by atoms with Crippen molar-refractivity contribution in [2.24, 2.45) is 5.92 Å². The van der Waals surface area contributed by atoms with E-state index in [-0.39, 0.29) is 11.9 Å². The van der Waals surface area contributed by atoms with E-state index in [1.165, 1.54) is 0 Å². The van der Waals surface area contributed by atoms with Crippen molar-refractivity contribution in [2.75, 3.05) is 11.9 Å². The van der Waals surface area contributed by atoms with Crippen molar-refractivity contribution in [3.63, 3.8) is 0 Å². The molecule has 6 nitrogen and oxygen atoms in total. The van der Waals surface area contributed by atoms with Crippen LogP contribution in [0.2, 0.25) is 0 Å². The number of carbonyl (C=O) groups excluding carboxylic acids is 1. The van der Waals surface area contributed by atoms with Gasteiger partial charge in [-0.15, -0.1) is 10.2 Å². The molecule has 1 amide bonds. The van der Waals surface area contributed by atoms with E-state index in [1.807, 2.05) is 13.8 Å². The van der Waals surface area contributed by atoms with Crippen LogP contribution < -0.4 is 10.6 Å². The summed E-state index contributed by atoms with van der Waals surface area (Å²) in [6.07, 6.45) is 2.62. The highest BCUT2D eigenvalue weighted by atomic mass is 16.2. The molecule has 6 heteroatoms. The second kappa shape index (κ2) is 6.06. The normalized spacial score (nSPS) is 22.5. The molecular weight excluding hydrogens is 242 g/mol. The van der Waals surface area contributed by atoms with Crippen molar-refractivity contribution >= 4 is 11.9 Å². The minimum Gasteiger partial charge on any atom is -0.306 e. The van der Waals surface area contributed by atoms with Crippen LogP contribution in [0, 0.1) is 5.92 Å². The number of rotatable bonds is 4. The van der Waals surface area contributed by atoms with Crippen LogP contribution in [0.25, 0.3) is 0 Å². The van der Waals surface area contributed by atoms with Gasteiger partial charge in [-0.25, -0.2) is 4.98 Å². The highest BCUT2D eigenvalue weighted by Gasteiger charge is 2.29. The summed E-state index contributed by atoms with van der Waals surface area (Å²) in [5, 5.41) is 14.0. The number of amides is 1. The molecule has 1 aliphatic heterocycles. The van der Waals surface area contributed by atoms with Gasteiger partial charge in [-0.2, -0.15) is 0 Å². The number of nitrogens with one attached hydrogen (secondary N) is 2. The quantitative estimate of drug-likeness (QED) is 0.845. The summed E-state index contributed by atoms with van der Waals surface area (Å²) < 4.78 is 0.